The van der Waals surface area contributed by atoms with Gasteiger partial charge in [-0.2, -0.15) is 0 Å². The predicted octanol–water partition coefficient (Wildman–Crippen LogP) is 2.87. The molecule has 0 saturated carbocycles. The molecule has 1 aliphatic heterocycles. The van der Waals surface area contributed by atoms with E-state index < -0.39 is 0 Å². The summed E-state index contributed by atoms with van der Waals surface area (Å²) in [5.74, 6) is 2.37. The Morgan fingerprint density at radius 3 is 2.24 bits per heavy atom. The molecule has 0 aromatic rings. The van der Waals surface area contributed by atoms with Crippen molar-refractivity contribution in [3.63, 3.8) is 0 Å². The van der Waals surface area contributed by atoms with Crippen LogP contribution in [-0.2, 0) is 0 Å². The van der Waals surface area contributed by atoms with E-state index in [1.165, 1.54) is 52.0 Å². The van der Waals surface area contributed by atoms with E-state index in [4.69, 9.17) is 0 Å². The zero-order chi connectivity index (χ0) is 17.9. The van der Waals surface area contributed by atoms with Crippen LogP contribution in [0.4, 0.5) is 0 Å². The summed E-state index contributed by atoms with van der Waals surface area (Å²) in [4.78, 5) is 9.36. The Morgan fingerprint density at radius 2 is 1.68 bits per heavy atom. The number of guanidine groups is 1. The number of likely N-dealkylation sites (N-methyl/N-ethyl adjacent to an activating group) is 1. The monoisotopic (exact) mass is 467 g/mol. The van der Waals surface area contributed by atoms with E-state index in [1.54, 1.807) is 0 Å². The van der Waals surface area contributed by atoms with Crippen molar-refractivity contribution in [2.45, 2.75) is 53.0 Å². The molecule has 0 amide bonds. The fourth-order valence-electron chi connectivity index (χ4n) is 3.14. The molecule has 2 atom stereocenters. The summed E-state index contributed by atoms with van der Waals surface area (Å²) in [6, 6.07) is 0.475. The Balaban J connectivity index is 0.00000576. The largest absolute Gasteiger partial charge is 0.356 e. The van der Waals surface area contributed by atoms with E-state index in [1.807, 2.05) is 7.05 Å². The lowest BCUT2D eigenvalue weighted by Crippen LogP contribution is -2.48. The van der Waals surface area contributed by atoms with Gasteiger partial charge in [-0.15, -0.1) is 24.0 Å². The van der Waals surface area contributed by atoms with Crippen LogP contribution in [0.2, 0.25) is 0 Å². The van der Waals surface area contributed by atoms with Gasteiger partial charge < -0.3 is 20.4 Å². The molecule has 0 aromatic heterocycles. The van der Waals surface area contributed by atoms with Crippen molar-refractivity contribution in [1.82, 2.24) is 20.4 Å². The maximum absolute atomic E-state index is 4.37. The summed E-state index contributed by atoms with van der Waals surface area (Å²) in [5, 5.41) is 7.02. The Labute approximate surface area is 173 Å². The van der Waals surface area contributed by atoms with Crippen LogP contribution < -0.4 is 10.6 Å². The Hall–Kier alpha value is -0.0800. The number of hydrogen-bond donors (Lipinski definition) is 2. The fraction of sp³-hybridized carbons (Fsp3) is 0.947. The second-order valence-electron chi connectivity index (χ2n) is 8.03. The van der Waals surface area contributed by atoms with E-state index >= 15 is 0 Å². The van der Waals surface area contributed by atoms with E-state index in [2.05, 4.69) is 60.2 Å². The number of rotatable bonds is 9. The van der Waals surface area contributed by atoms with Crippen LogP contribution in [0, 0.1) is 11.8 Å². The maximum atomic E-state index is 4.37. The molecule has 1 heterocycles. The van der Waals surface area contributed by atoms with Crippen LogP contribution in [0.15, 0.2) is 4.99 Å². The Bertz CT molecular complexity index is 354. The summed E-state index contributed by atoms with van der Waals surface area (Å²) >= 11 is 0. The molecule has 2 unspecified atom stereocenters. The van der Waals surface area contributed by atoms with Gasteiger partial charge in [0, 0.05) is 52.4 Å². The van der Waals surface area contributed by atoms with Gasteiger partial charge in [0.05, 0.1) is 0 Å². The van der Waals surface area contributed by atoms with Crippen molar-refractivity contribution in [1.29, 1.82) is 0 Å². The molecule has 1 aliphatic rings. The van der Waals surface area contributed by atoms with Crippen molar-refractivity contribution in [3.05, 3.63) is 0 Å². The first-order valence-electron chi connectivity index (χ1n) is 9.78. The van der Waals surface area contributed by atoms with Gasteiger partial charge >= 0.3 is 0 Å². The average molecular weight is 467 g/mol. The molecule has 0 bridgehead atoms. The second-order valence-corrected chi connectivity index (χ2v) is 8.03. The molecule has 25 heavy (non-hydrogen) atoms. The summed E-state index contributed by atoms with van der Waals surface area (Å²) in [5.41, 5.74) is 0. The molecule has 1 saturated heterocycles. The third-order valence-corrected chi connectivity index (χ3v) is 4.81. The smallest absolute Gasteiger partial charge is 0.191 e. The van der Waals surface area contributed by atoms with Crippen LogP contribution in [0.5, 0.6) is 0 Å². The summed E-state index contributed by atoms with van der Waals surface area (Å²) in [6.07, 6.45) is 3.79. The molecule has 0 radical (unpaired) electrons. The van der Waals surface area contributed by atoms with Crippen molar-refractivity contribution in [2.75, 3.05) is 53.4 Å². The van der Waals surface area contributed by atoms with Crippen LogP contribution in [0.25, 0.3) is 0 Å². The quantitative estimate of drug-likeness (QED) is 0.311. The summed E-state index contributed by atoms with van der Waals surface area (Å²) in [6.45, 7) is 16.1. The molecule has 1 rings (SSSR count). The molecular formula is C19H42IN5. The van der Waals surface area contributed by atoms with Crippen LogP contribution >= 0.6 is 24.0 Å². The minimum atomic E-state index is 0. The third-order valence-electron chi connectivity index (χ3n) is 4.81. The van der Waals surface area contributed by atoms with E-state index in [-0.39, 0.29) is 24.0 Å². The van der Waals surface area contributed by atoms with Crippen molar-refractivity contribution in [2.24, 2.45) is 16.8 Å². The predicted molar refractivity (Wildman–Crippen MR) is 121 cm³/mol. The van der Waals surface area contributed by atoms with Gasteiger partial charge in [-0.05, 0) is 32.2 Å². The molecule has 6 heteroatoms. The lowest BCUT2D eigenvalue weighted by atomic mass is 10.0. The van der Waals surface area contributed by atoms with E-state index in [0.29, 0.717) is 12.0 Å². The molecule has 150 valence electrons. The average Bonchev–Trinajstić information content (AvgIpc) is 2.53. The van der Waals surface area contributed by atoms with Gasteiger partial charge in [0.2, 0.25) is 0 Å². The minimum absolute atomic E-state index is 0. The molecule has 0 spiro atoms. The topological polar surface area (TPSA) is 42.9 Å². The first-order valence-corrected chi connectivity index (χ1v) is 9.78. The van der Waals surface area contributed by atoms with Gasteiger partial charge in [0.25, 0.3) is 0 Å². The highest BCUT2D eigenvalue weighted by molar-refractivity contribution is 14.0. The summed E-state index contributed by atoms with van der Waals surface area (Å²) < 4.78 is 0. The first kappa shape index (κ1) is 24.9. The van der Waals surface area contributed by atoms with Crippen molar-refractivity contribution >= 4 is 29.9 Å². The SMILES string of the molecule is CN=C(NCC(C)CN1CCN(C)CC1)NC(C)CCCC(C)C.I. The Kier molecular flexibility index (Phi) is 14.0. The maximum Gasteiger partial charge on any atom is 0.191 e. The molecule has 5 nitrogen and oxygen atoms in total. The summed E-state index contributed by atoms with van der Waals surface area (Å²) in [7, 11) is 4.07. The number of aliphatic imine (C=N–C) groups is 1. The molecule has 0 aliphatic carbocycles. The van der Waals surface area contributed by atoms with Crippen LogP contribution in [-0.4, -0.2) is 75.2 Å². The molecule has 1 fully saturated rings. The van der Waals surface area contributed by atoms with Gasteiger partial charge in [0.15, 0.2) is 5.96 Å². The number of hydrogen-bond acceptors (Lipinski definition) is 3. The van der Waals surface area contributed by atoms with Gasteiger partial charge in [-0.1, -0.05) is 33.6 Å². The van der Waals surface area contributed by atoms with Gasteiger partial charge in [-0.3, -0.25) is 4.99 Å². The molecule has 2 N–H and O–H groups in total. The molecular weight excluding hydrogens is 425 g/mol. The lowest BCUT2D eigenvalue weighted by molar-refractivity contribution is 0.139. The van der Waals surface area contributed by atoms with Gasteiger partial charge in [-0.25, -0.2) is 0 Å². The molecule has 0 aromatic carbocycles. The number of piperazine rings is 1. The lowest BCUT2D eigenvalue weighted by Gasteiger charge is -2.34. The van der Waals surface area contributed by atoms with Crippen molar-refractivity contribution in [3.8, 4) is 0 Å². The normalized spacial score (nSPS) is 19.4. The van der Waals surface area contributed by atoms with Crippen molar-refractivity contribution < 1.29 is 0 Å². The van der Waals surface area contributed by atoms with Crippen LogP contribution in [0.1, 0.15) is 47.0 Å². The zero-order valence-electron chi connectivity index (χ0n) is 17.3. The van der Waals surface area contributed by atoms with E-state index in [9.17, 15) is 0 Å². The zero-order valence-corrected chi connectivity index (χ0v) is 19.7. The second kappa shape index (κ2) is 14.0. The Morgan fingerprint density at radius 1 is 1.04 bits per heavy atom. The number of nitrogens with zero attached hydrogens (tertiary/aromatic N) is 3. The van der Waals surface area contributed by atoms with E-state index in [0.717, 1.165) is 18.4 Å². The third kappa shape index (κ3) is 12.0. The van der Waals surface area contributed by atoms with Crippen LogP contribution in [0.3, 0.4) is 0 Å². The highest BCUT2D eigenvalue weighted by Gasteiger charge is 2.16. The highest BCUT2D eigenvalue weighted by atomic mass is 127. The standard InChI is InChI=1S/C19H41N5.HI/c1-16(2)8-7-9-18(4)22-19(20-5)21-14-17(3)15-24-12-10-23(6)11-13-24;/h16-18H,7-15H2,1-6H3,(H2,20,21,22);1H. The number of nitrogens with one attached hydrogen (secondary N) is 2. The minimum Gasteiger partial charge on any atom is -0.356 e. The highest BCUT2D eigenvalue weighted by Crippen LogP contribution is 2.08. The van der Waals surface area contributed by atoms with Gasteiger partial charge in [0.1, 0.15) is 0 Å². The fourth-order valence-corrected chi connectivity index (χ4v) is 3.14. The number of halogens is 1. The first-order chi connectivity index (χ1) is 11.4.